The number of nitro groups is 1. The fourth-order valence-corrected chi connectivity index (χ4v) is 3.97. The van der Waals surface area contributed by atoms with E-state index in [9.17, 15) is 14.9 Å². The summed E-state index contributed by atoms with van der Waals surface area (Å²) in [6, 6.07) is 26.1. The highest BCUT2D eigenvalue weighted by Crippen LogP contribution is 2.33. The molecule has 10 heteroatoms. The third-order valence-electron chi connectivity index (χ3n) is 5.13. The molecule has 0 bridgehead atoms. The number of amides is 1. The van der Waals surface area contributed by atoms with Gasteiger partial charge >= 0.3 is 5.69 Å². The Bertz CT molecular complexity index is 1280. The number of hydrogen-bond donors (Lipinski definition) is 2. The van der Waals surface area contributed by atoms with Crippen molar-refractivity contribution < 1.29 is 9.72 Å². The van der Waals surface area contributed by atoms with Crippen molar-refractivity contribution in [2.24, 2.45) is 0 Å². The topological polar surface area (TPSA) is 113 Å². The number of hydrazine groups is 1. The maximum atomic E-state index is 12.6. The van der Waals surface area contributed by atoms with Gasteiger partial charge in [-0.15, -0.1) is 0 Å². The Labute approximate surface area is 210 Å². The molecule has 0 atom stereocenters. The number of halogens is 1. The monoisotopic (exact) mass is 532 g/mol. The molecule has 3 aromatic carbocycles. The van der Waals surface area contributed by atoms with Crippen LogP contribution in [-0.4, -0.2) is 20.8 Å². The van der Waals surface area contributed by atoms with E-state index < -0.39 is 10.8 Å². The van der Waals surface area contributed by atoms with E-state index in [2.05, 4.69) is 36.7 Å². The van der Waals surface area contributed by atoms with Gasteiger partial charge in [-0.25, -0.2) is 9.97 Å². The standard InChI is InChI=1S/C25H21BrN6O3/c26-21-14-8-7-13-20(21)25(33)30-29-23-22(32(34)35)24(28-17-27-23)31(15-18-9-3-1-4-10-18)16-19-11-5-2-6-12-19/h1-14,17H,15-16H2,(H,30,33)(H,27,28,29). The lowest BCUT2D eigenvalue weighted by molar-refractivity contribution is -0.383. The van der Waals surface area contributed by atoms with Crippen molar-refractivity contribution in [3.05, 3.63) is 123 Å². The SMILES string of the molecule is O=C(NNc1ncnc(N(Cc2ccccc2)Cc2ccccc2)c1[N+](=O)[O-])c1ccccc1Br. The summed E-state index contributed by atoms with van der Waals surface area (Å²) in [4.78, 5) is 34.3. The van der Waals surface area contributed by atoms with Crippen LogP contribution in [0, 0.1) is 10.1 Å². The Balaban J connectivity index is 1.66. The molecule has 0 fully saturated rings. The summed E-state index contributed by atoms with van der Waals surface area (Å²) in [6.45, 7) is 0.771. The zero-order valence-electron chi connectivity index (χ0n) is 18.5. The van der Waals surface area contributed by atoms with Crippen molar-refractivity contribution in [1.29, 1.82) is 0 Å². The third kappa shape index (κ3) is 5.98. The minimum Gasteiger partial charge on any atom is -0.342 e. The number of aromatic nitrogens is 2. The largest absolute Gasteiger partial charge is 0.355 e. The summed E-state index contributed by atoms with van der Waals surface area (Å²) in [5.74, 6) is -0.459. The predicted molar refractivity (Wildman–Crippen MR) is 137 cm³/mol. The maximum absolute atomic E-state index is 12.6. The Morgan fingerprint density at radius 3 is 2.03 bits per heavy atom. The van der Waals surface area contributed by atoms with E-state index in [1.54, 1.807) is 24.3 Å². The quantitative estimate of drug-likeness (QED) is 0.227. The first kappa shape index (κ1) is 23.8. The van der Waals surface area contributed by atoms with Crippen LogP contribution in [-0.2, 0) is 13.1 Å². The summed E-state index contributed by atoms with van der Waals surface area (Å²) < 4.78 is 0.592. The van der Waals surface area contributed by atoms with Crippen LogP contribution in [0.15, 0.2) is 95.7 Å². The van der Waals surface area contributed by atoms with Crippen molar-refractivity contribution in [1.82, 2.24) is 15.4 Å². The Morgan fingerprint density at radius 1 is 0.886 bits per heavy atom. The molecule has 4 rings (SSSR count). The fraction of sp³-hybridized carbons (Fsp3) is 0.0800. The highest BCUT2D eigenvalue weighted by molar-refractivity contribution is 9.10. The van der Waals surface area contributed by atoms with Crippen LogP contribution in [0.5, 0.6) is 0 Å². The average Bonchev–Trinajstić information content (AvgIpc) is 2.88. The molecule has 1 amide bonds. The van der Waals surface area contributed by atoms with E-state index in [0.29, 0.717) is 23.1 Å². The van der Waals surface area contributed by atoms with E-state index in [1.165, 1.54) is 6.33 Å². The zero-order valence-corrected chi connectivity index (χ0v) is 20.1. The van der Waals surface area contributed by atoms with Crippen molar-refractivity contribution in [2.45, 2.75) is 13.1 Å². The minimum absolute atomic E-state index is 0.119. The Morgan fingerprint density at radius 2 is 1.46 bits per heavy atom. The second-order valence-corrected chi connectivity index (χ2v) is 8.39. The molecule has 0 saturated heterocycles. The van der Waals surface area contributed by atoms with Gasteiger partial charge in [0.05, 0.1) is 10.5 Å². The molecule has 0 spiro atoms. The molecule has 1 aromatic heterocycles. The van der Waals surface area contributed by atoms with Gasteiger partial charge in [-0.1, -0.05) is 72.8 Å². The van der Waals surface area contributed by atoms with Gasteiger partial charge in [0, 0.05) is 17.6 Å². The molecule has 0 saturated carbocycles. The second-order valence-electron chi connectivity index (χ2n) is 7.54. The molecule has 0 unspecified atom stereocenters. The van der Waals surface area contributed by atoms with Gasteiger partial charge < -0.3 is 4.90 Å². The van der Waals surface area contributed by atoms with Gasteiger partial charge in [0.1, 0.15) is 6.33 Å². The summed E-state index contributed by atoms with van der Waals surface area (Å²) in [6.07, 6.45) is 1.23. The summed E-state index contributed by atoms with van der Waals surface area (Å²) in [5, 5.41) is 12.2. The lowest BCUT2D eigenvalue weighted by atomic mass is 10.1. The van der Waals surface area contributed by atoms with E-state index in [0.717, 1.165) is 11.1 Å². The van der Waals surface area contributed by atoms with Gasteiger partial charge in [0.25, 0.3) is 5.91 Å². The molecule has 35 heavy (non-hydrogen) atoms. The smallest absolute Gasteiger partial charge is 0.342 e. The first-order chi connectivity index (χ1) is 17.0. The lowest BCUT2D eigenvalue weighted by Crippen LogP contribution is -2.31. The molecule has 0 aliphatic carbocycles. The highest BCUT2D eigenvalue weighted by atomic mass is 79.9. The first-order valence-corrected chi connectivity index (χ1v) is 11.5. The van der Waals surface area contributed by atoms with Crippen molar-refractivity contribution in [3.8, 4) is 0 Å². The van der Waals surface area contributed by atoms with Crippen molar-refractivity contribution >= 4 is 39.2 Å². The zero-order chi connectivity index (χ0) is 24.6. The minimum atomic E-state index is -0.550. The van der Waals surface area contributed by atoms with Gasteiger partial charge in [0.2, 0.25) is 11.6 Å². The average molecular weight is 533 g/mol. The van der Waals surface area contributed by atoms with E-state index >= 15 is 0 Å². The number of benzene rings is 3. The van der Waals surface area contributed by atoms with Crippen LogP contribution < -0.4 is 15.8 Å². The van der Waals surface area contributed by atoms with Crippen LogP contribution in [0.25, 0.3) is 0 Å². The van der Waals surface area contributed by atoms with Crippen LogP contribution in [0.3, 0.4) is 0 Å². The number of nitrogens with one attached hydrogen (secondary N) is 2. The second kappa shape index (κ2) is 11.2. The number of nitrogens with zero attached hydrogens (tertiary/aromatic N) is 4. The van der Waals surface area contributed by atoms with Gasteiger partial charge in [0.15, 0.2) is 0 Å². The van der Waals surface area contributed by atoms with Crippen LogP contribution in [0.1, 0.15) is 21.5 Å². The summed E-state index contributed by atoms with van der Waals surface area (Å²) >= 11 is 3.33. The molecule has 4 aromatic rings. The van der Waals surface area contributed by atoms with Gasteiger partial charge in [-0.05, 0) is 39.2 Å². The van der Waals surface area contributed by atoms with Crippen molar-refractivity contribution in [3.63, 3.8) is 0 Å². The molecule has 0 radical (unpaired) electrons. The normalized spacial score (nSPS) is 10.4. The first-order valence-electron chi connectivity index (χ1n) is 10.7. The summed E-state index contributed by atoms with van der Waals surface area (Å²) in [7, 11) is 0. The molecule has 2 N–H and O–H groups in total. The summed E-state index contributed by atoms with van der Waals surface area (Å²) in [5.41, 5.74) is 7.05. The number of hydrogen-bond acceptors (Lipinski definition) is 7. The highest BCUT2D eigenvalue weighted by Gasteiger charge is 2.28. The number of rotatable bonds is 9. The predicted octanol–water partition coefficient (Wildman–Crippen LogP) is 5.11. The third-order valence-corrected chi connectivity index (χ3v) is 5.82. The molecular weight excluding hydrogens is 512 g/mol. The van der Waals surface area contributed by atoms with E-state index in [1.807, 2.05) is 65.6 Å². The molecule has 1 heterocycles. The Kier molecular flexibility index (Phi) is 7.63. The molecule has 0 aliphatic heterocycles. The Hall–Kier alpha value is -4.31. The van der Waals surface area contributed by atoms with Gasteiger partial charge in [-0.2, -0.15) is 0 Å². The van der Waals surface area contributed by atoms with Crippen molar-refractivity contribution in [2.75, 3.05) is 10.3 Å². The number of carbonyl (C=O) groups excluding carboxylic acids is 1. The lowest BCUT2D eigenvalue weighted by Gasteiger charge is -2.24. The van der Waals surface area contributed by atoms with E-state index in [-0.39, 0.29) is 17.3 Å². The molecule has 9 nitrogen and oxygen atoms in total. The molecule has 0 aliphatic rings. The fourth-order valence-electron chi connectivity index (χ4n) is 3.50. The van der Waals surface area contributed by atoms with Gasteiger partial charge in [-0.3, -0.25) is 25.8 Å². The number of carbonyl (C=O) groups is 1. The van der Waals surface area contributed by atoms with E-state index in [4.69, 9.17) is 0 Å². The van der Waals surface area contributed by atoms with Crippen LogP contribution in [0.2, 0.25) is 0 Å². The molecule has 176 valence electrons. The number of anilines is 2. The van der Waals surface area contributed by atoms with Crippen LogP contribution in [0.4, 0.5) is 17.3 Å². The maximum Gasteiger partial charge on any atom is 0.355 e. The molecular formula is C25H21BrN6O3. The van der Waals surface area contributed by atoms with Crippen LogP contribution >= 0.6 is 15.9 Å².